The van der Waals surface area contributed by atoms with Crippen LogP contribution in [0.15, 0.2) is 65.5 Å². The van der Waals surface area contributed by atoms with Crippen LogP contribution in [0.4, 0.5) is 10.2 Å². The first-order valence-corrected chi connectivity index (χ1v) is 10.9. The smallest absolute Gasteiger partial charge is 0.271 e. The highest BCUT2D eigenvalue weighted by Gasteiger charge is 2.42. The maximum Gasteiger partial charge on any atom is 0.271 e. The molecule has 7 nitrogen and oxygen atoms in total. The van der Waals surface area contributed by atoms with Crippen molar-refractivity contribution in [3.63, 3.8) is 0 Å². The highest BCUT2D eigenvalue weighted by molar-refractivity contribution is 5.87. The van der Waals surface area contributed by atoms with Crippen molar-refractivity contribution in [1.82, 2.24) is 20.0 Å². The minimum atomic E-state index is -0.334. The van der Waals surface area contributed by atoms with E-state index in [2.05, 4.69) is 20.6 Å². The summed E-state index contributed by atoms with van der Waals surface area (Å²) in [5.41, 5.74) is 3.79. The predicted octanol–water partition coefficient (Wildman–Crippen LogP) is 3.92. The number of hydrogen-bond acceptors (Lipinski definition) is 5. The van der Waals surface area contributed by atoms with Crippen LogP contribution in [0.5, 0.6) is 0 Å². The van der Waals surface area contributed by atoms with Crippen molar-refractivity contribution < 1.29 is 9.50 Å². The number of halogens is 1. The lowest BCUT2D eigenvalue weighted by Crippen LogP contribution is -2.22. The predicted molar refractivity (Wildman–Crippen MR) is 125 cm³/mol. The molecule has 0 saturated heterocycles. The number of anilines is 1. The molecule has 33 heavy (non-hydrogen) atoms. The van der Waals surface area contributed by atoms with Gasteiger partial charge in [0.05, 0.1) is 23.6 Å². The lowest BCUT2D eigenvalue weighted by molar-refractivity contribution is 0.219. The van der Waals surface area contributed by atoms with Crippen molar-refractivity contribution in [3.8, 4) is 28.2 Å². The molecule has 2 aromatic heterocycles. The Morgan fingerprint density at radius 1 is 1.12 bits per heavy atom. The van der Waals surface area contributed by atoms with E-state index in [1.165, 1.54) is 22.9 Å². The summed E-state index contributed by atoms with van der Waals surface area (Å²) in [6, 6.07) is 16.8. The molecular weight excluding hydrogens is 421 g/mol. The molecular formula is C25H24FN5O2. The zero-order valence-corrected chi connectivity index (χ0v) is 18.2. The number of aliphatic hydroxyl groups is 1. The molecule has 8 heteroatoms. The lowest BCUT2D eigenvalue weighted by Gasteiger charge is -2.15. The Balaban J connectivity index is 1.63. The van der Waals surface area contributed by atoms with Crippen molar-refractivity contribution in [3.05, 3.63) is 82.4 Å². The fourth-order valence-electron chi connectivity index (χ4n) is 3.90. The maximum atomic E-state index is 13.5. The van der Waals surface area contributed by atoms with Gasteiger partial charge in [-0.1, -0.05) is 18.2 Å². The maximum absolute atomic E-state index is 13.5. The molecule has 1 fully saturated rings. The number of aliphatic hydroxyl groups excluding tert-OH is 1. The van der Waals surface area contributed by atoms with Crippen LogP contribution in [0.3, 0.4) is 0 Å². The first-order valence-electron chi connectivity index (χ1n) is 10.9. The number of benzene rings is 2. The van der Waals surface area contributed by atoms with Gasteiger partial charge in [0.25, 0.3) is 5.56 Å². The van der Waals surface area contributed by atoms with E-state index in [4.69, 9.17) is 0 Å². The molecule has 2 heterocycles. The van der Waals surface area contributed by atoms with Crippen LogP contribution in [-0.2, 0) is 0 Å². The van der Waals surface area contributed by atoms with Gasteiger partial charge in [-0.05, 0) is 61.7 Å². The second kappa shape index (κ2) is 8.29. The van der Waals surface area contributed by atoms with Gasteiger partial charge >= 0.3 is 0 Å². The summed E-state index contributed by atoms with van der Waals surface area (Å²) < 4.78 is 14.9. The molecule has 0 spiro atoms. The summed E-state index contributed by atoms with van der Waals surface area (Å²) in [4.78, 5) is 12.7. The number of para-hydroxylation sites is 1. The Kier molecular flexibility index (Phi) is 5.30. The van der Waals surface area contributed by atoms with Crippen LogP contribution in [0.1, 0.15) is 18.4 Å². The molecule has 168 valence electrons. The SMILES string of the molecule is Cc1ccccc1-n1nc(-c2c(-c3ccc(F)cc3)n[nH]c2NCC2(CO)CC2)ccc1=O. The van der Waals surface area contributed by atoms with Crippen LogP contribution >= 0.6 is 0 Å². The zero-order valence-electron chi connectivity index (χ0n) is 18.2. The molecule has 5 rings (SSSR count). The summed E-state index contributed by atoms with van der Waals surface area (Å²) in [6.45, 7) is 2.62. The Morgan fingerprint density at radius 2 is 1.88 bits per heavy atom. The first-order chi connectivity index (χ1) is 16.0. The van der Waals surface area contributed by atoms with Gasteiger partial charge in [0.15, 0.2) is 0 Å². The molecule has 0 unspecified atom stereocenters. The minimum absolute atomic E-state index is 0.116. The highest BCUT2D eigenvalue weighted by atomic mass is 19.1. The summed E-state index contributed by atoms with van der Waals surface area (Å²) in [6.07, 6.45) is 1.92. The largest absolute Gasteiger partial charge is 0.396 e. The number of nitrogens with one attached hydrogen (secondary N) is 2. The molecule has 1 aliphatic rings. The third-order valence-electron chi connectivity index (χ3n) is 6.22. The Bertz CT molecular complexity index is 1360. The normalized spacial score (nSPS) is 14.3. The second-order valence-corrected chi connectivity index (χ2v) is 8.60. The van der Waals surface area contributed by atoms with Gasteiger partial charge in [-0.2, -0.15) is 14.9 Å². The fraction of sp³-hybridized carbons (Fsp3) is 0.240. The number of aromatic nitrogens is 4. The van der Waals surface area contributed by atoms with Gasteiger partial charge < -0.3 is 10.4 Å². The molecule has 3 N–H and O–H groups in total. The van der Waals surface area contributed by atoms with E-state index in [9.17, 15) is 14.3 Å². The Hall–Kier alpha value is -3.78. The zero-order chi connectivity index (χ0) is 23.0. The van der Waals surface area contributed by atoms with E-state index in [1.807, 2.05) is 31.2 Å². The molecule has 1 aliphatic carbocycles. The van der Waals surface area contributed by atoms with Gasteiger partial charge in [-0.15, -0.1) is 0 Å². The standard InChI is InChI=1S/C25H24FN5O2/c1-16-4-2-3-5-20(16)31-21(33)11-10-19(30-31)22-23(17-6-8-18(26)9-7-17)28-29-24(22)27-14-25(15-32)12-13-25/h2-11,32H,12-15H2,1H3,(H2,27,28,29). The van der Waals surface area contributed by atoms with Crippen molar-refractivity contribution >= 4 is 5.82 Å². The molecule has 1 saturated carbocycles. The van der Waals surface area contributed by atoms with Gasteiger partial charge in [-0.25, -0.2) is 4.39 Å². The molecule has 4 aromatic rings. The highest BCUT2D eigenvalue weighted by Crippen LogP contribution is 2.45. The lowest BCUT2D eigenvalue weighted by atomic mass is 10.0. The first kappa shape index (κ1) is 21.1. The summed E-state index contributed by atoms with van der Waals surface area (Å²) >= 11 is 0. The summed E-state index contributed by atoms with van der Waals surface area (Å²) in [5, 5.41) is 25.3. The third-order valence-corrected chi connectivity index (χ3v) is 6.22. The van der Waals surface area contributed by atoms with E-state index < -0.39 is 0 Å². The van der Waals surface area contributed by atoms with E-state index in [0.29, 0.717) is 35.0 Å². The topological polar surface area (TPSA) is 95.8 Å². The average molecular weight is 445 g/mol. The van der Waals surface area contributed by atoms with E-state index in [0.717, 1.165) is 24.0 Å². The van der Waals surface area contributed by atoms with Crippen molar-refractivity contribution in [2.24, 2.45) is 5.41 Å². The van der Waals surface area contributed by atoms with Crippen molar-refractivity contribution in [1.29, 1.82) is 0 Å². The number of rotatable bonds is 7. The van der Waals surface area contributed by atoms with Gasteiger partial charge in [0, 0.05) is 23.6 Å². The molecule has 2 aromatic carbocycles. The number of H-pyrrole nitrogens is 1. The van der Waals surface area contributed by atoms with Crippen LogP contribution < -0.4 is 10.9 Å². The number of aromatic amines is 1. The van der Waals surface area contributed by atoms with Crippen LogP contribution in [0, 0.1) is 18.2 Å². The second-order valence-electron chi connectivity index (χ2n) is 8.60. The van der Waals surface area contributed by atoms with Crippen molar-refractivity contribution in [2.45, 2.75) is 19.8 Å². The molecule has 0 bridgehead atoms. The quantitative estimate of drug-likeness (QED) is 0.401. The van der Waals surface area contributed by atoms with Crippen molar-refractivity contribution in [2.75, 3.05) is 18.5 Å². The van der Waals surface area contributed by atoms with Gasteiger partial charge in [-0.3, -0.25) is 9.89 Å². The number of aryl methyl sites for hydroxylation is 1. The van der Waals surface area contributed by atoms with Gasteiger partial charge in [0.2, 0.25) is 0 Å². The Labute approximate surface area is 189 Å². The van der Waals surface area contributed by atoms with Crippen LogP contribution in [0.25, 0.3) is 28.2 Å². The van der Waals surface area contributed by atoms with E-state index in [1.54, 1.807) is 18.2 Å². The molecule has 0 aliphatic heterocycles. The third kappa shape index (κ3) is 4.05. The molecule has 0 amide bonds. The fourth-order valence-corrected chi connectivity index (χ4v) is 3.90. The van der Waals surface area contributed by atoms with Gasteiger partial charge in [0.1, 0.15) is 17.3 Å². The van der Waals surface area contributed by atoms with Crippen LogP contribution in [0.2, 0.25) is 0 Å². The minimum Gasteiger partial charge on any atom is -0.396 e. The summed E-state index contributed by atoms with van der Waals surface area (Å²) in [5.74, 6) is 0.301. The summed E-state index contributed by atoms with van der Waals surface area (Å²) in [7, 11) is 0. The molecule has 0 atom stereocenters. The van der Waals surface area contributed by atoms with E-state index in [-0.39, 0.29) is 23.4 Å². The number of hydrogen-bond donors (Lipinski definition) is 3. The average Bonchev–Trinajstić information content (AvgIpc) is 3.50. The number of nitrogens with zero attached hydrogens (tertiary/aromatic N) is 3. The monoisotopic (exact) mass is 445 g/mol. The van der Waals surface area contributed by atoms with Crippen LogP contribution in [-0.4, -0.2) is 38.2 Å². The molecule has 0 radical (unpaired) electrons. The van der Waals surface area contributed by atoms with E-state index >= 15 is 0 Å². The Morgan fingerprint density at radius 3 is 2.58 bits per heavy atom.